The number of likely N-dealkylation sites (N-methyl/N-ethyl adjacent to an activating group) is 1. The number of aliphatic hydroxyl groups excluding tert-OH is 1. The smallest absolute Gasteiger partial charge is 0.162 e. The molecule has 0 aliphatic carbocycles. The molecule has 0 spiro atoms. The van der Waals surface area contributed by atoms with E-state index in [9.17, 15) is 0 Å². The molecule has 0 bridgehead atoms. The Bertz CT molecular complexity index is 327. The van der Waals surface area contributed by atoms with Crippen LogP contribution in [0.1, 0.15) is 5.56 Å². The maximum Gasteiger partial charge on any atom is 0.162 e. The molecular formula is C8H13N5O. The highest BCUT2D eigenvalue weighted by molar-refractivity contribution is 5.99. The summed E-state index contributed by atoms with van der Waals surface area (Å²) < 4.78 is 0. The van der Waals surface area contributed by atoms with E-state index < -0.39 is 0 Å². The molecule has 1 heterocycles. The van der Waals surface area contributed by atoms with E-state index in [0.29, 0.717) is 17.9 Å². The second kappa shape index (κ2) is 4.52. The highest BCUT2D eigenvalue weighted by Gasteiger charge is 2.10. The zero-order valence-electron chi connectivity index (χ0n) is 7.94. The minimum atomic E-state index is -0.0558. The summed E-state index contributed by atoms with van der Waals surface area (Å²) in [5.74, 6) is 0.453. The van der Waals surface area contributed by atoms with Crippen molar-refractivity contribution < 1.29 is 5.11 Å². The minimum Gasteiger partial charge on any atom is -0.395 e. The second-order valence-corrected chi connectivity index (χ2v) is 2.83. The topological polar surface area (TPSA) is 99.1 Å². The summed E-state index contributed by atoms with van der Waals surface area (Å²) in [6.07, 6.45) is 1.48. The number of nitrogens with two attached hydrogens (primary N) is 1. The van der Waals surface area contributed by atoms with Crippen molar-refractivity contribution in [3.63, 3.8) is 0 Å². The van der Waals surface area contributed by atoms with E-state index in [-0.39, 0.29) is 12.4 Å². The number of hydrogen-bond acceptors (Lipinski definition) is 5. The van der Waals surface area contributed by atoms with Crippen molar-refractivity contribution in [2.75, 3.05) is 25.1 Å². The van der Waals surface area contributed by atoms with Gasteiger partial charge >= 0.3 is 0 Å². The van der Waals surface area contributed by atoms with Gasteiger partial charge in [0.25, 0.3) is 0 Å². The van der Waals surface area contributed by atoms with E-state index in [1.165, 1.54) is 6.20 Å². The summed E-state index contributed by atoms with van der Waals surface area (Å²) in [5.41, 5.74) is 5.90. The molecule has 0 saturated heterocycles. The molecule has 0 atom stereocenters. The van der Waals surface area contributed by atoms with Crippen molar-refractivity contribution in [2.45, 2.75) is 0 Å². The summed E-state index contributed by atoms with van der Waals surface area (Å²) in [4.78, 5) is 1.70. The molecule has 6 nitrogen and oxygen atoms in total. The zero-order chi connectivity index (χ0) is 10.6. The van der Waals surface area contributed by atoms with E-state index in [2.05, 4.69) is 10.2 Å². The molecule has 0 unspecified atom stereocenters. The van der Waals surface area contributed by atoms with Crippen LogP contribution in [-0.4, -0.2) is 41.3 Å². The van der Waals surface area contributed by atoms with Crippen LogP contribution in [0.5, 0.6) is 0 Å². The molecule has 4 N–H and O–H groups in total. The Kier molecular flexibility index (Phi) is 3.35. The van der Waals surface area contributed by atoms with Gasteiger partial charge in [-0.25, -0.2) is 0 Å². The Morgan fingerprint density at radius 2 is 2.43 bits per heavy atom. The Morgan fingerprint density at radius 3 is 3.00 bits per heavy atom. The van der Waals surface area contributed by atoms with E-state index in [4.69, 9.17) is 16.2 Å². The minimum absolute atomic E-state index is 0.0183. The molecule has 0 amide bonds. The monoisotopic (exact) mass is 195 g/mol. The molecule has 0 aliphatic heterocycles. The van der Waals surface area contributed by atoms with Crippen LogP contribution in [0.4, 0.5) is 5.82 Å². The number of aromatic nitrogens is 2. The Labute approximate surface area is 81.9 Å². The lowest BCUT2D eigenvalue weighted by atomic mass is 10.2. The number of hydrogen-bond donors (Lipinski definition) is 3. The zero-order valence-corrected chi connectivity index (χ0v) is 7.94. The van der Waals surface area contributed by atoms with Crippen LogP contribution < -0.4 is 10.6 Å². The van der Waals surface area contributed by atoms with Crippen LogP contribution in [0, 0.1) is 5.41 Å². The van der Waals surface area contributed by atoms with Gasteiger partial charge in [-0.15, -0.1) is 5.10 Å². The highest BCUT2D eigenvalue weighted by Crippen LogP contribution is 2.12. The number of amidine groups is 1. The summed E-state index contributed by atoms with van der Waals surface area (Å²) in [6.45, 7) is 0.448. The number of anilines is 1. The summed E-state index contributed by atoms with van der Waals surface area (Å²) in [7, 11) is 1.76. The molecule has 1 aromatic rings. The maximum absolute atomic E-state index is 8.75. The predicted molar refractivity (Wildman–Crippen MR) is 53.4 cm³/mol. The van der Waals surface area contributed by atoms with E-state index >= 15 is 0 Å². The van der Waals surface area contributed by atoms with Crippen molar-refractivity contribution in [1.82, 2.24) is 10.2 Å². The Hall–Kier alpha value is -1.69. The third kappa shape index (κ3) is 2.17. The number of rotatable bonds is 4. The van der Waals surface area contributed by atoms with Crippen LogP contribution in [0.25, 0.3) is 0 Å². The van der Waals surface area contributed by atoms with Gasteiger partial charge in [0.05, 0.1) is 18.4 Å². The highest BCUT2D eigenvalue weighted by atomic mass is 16.3. The summed E-state index contributed by atoms with van der Waals surface area (Å²) >= 11 is 0. The van der Waals surface area contributed by atoms with Gasteiger partial charge in [-0.1, -0.05) is 0 Å². The molecule has 76 valence electrons. The number of nitrogen functional groups attached to an aromatic ring is 1. The SMILES string of the molecule is CN(CCO)c1nnccc1C(=N)N. The average Bonchev–Trinajstić information content (AvgIpc) is 2.18. The van der Waals surface area contributed by atoms with Crippen LogP contribution in [0.2, 0.25) is 0 Å². The van der Waals surface area contributed by atoms with Gasteiger partial charge in [0.2, 0.25) is 0 Å². The van der Waals surface area contributed by atoms with E-state index in [0.717, 1.165) is 0 Å². The van der Waals surface area contributed by atoms with Crippen molar-refractivity contribution in [2.24, 2.45) is 5.73 Å². The molecule has 6 heteroatoms. The lowest BCUT2D eigenvalue weighted by Crippen LogP contribution is -2.26. The molecule has 1 aromatic heterocycles. The average molecular weight is 195 g/mol. The lowest BCUT2D eigenvalue weighted by Gasteiger charge is -2.18. The summed E-state index contributed by atoms with van der Waals surface area (Å²) in [6, 6.07) is 1.62. The third-order valence-electron chi connectivity index (χ3n) is 1.79. The van der Waals surface area contributed by atoms with Gasteiger partial charge in [0.15, 0.2) is 5.82 Å². The molecule has 1 rings (SSSR count). The van der Waals surface area contributed by atoms with Crippen LogP contribution in [-0.2, 0) is 0 Å². The largest absolute Gasteiger partial charge is 0.395 e. The Morgan fingerprint density at radius 1 is 1.71 bits per heavy atom. The van der Waals surface area contributed by atoms with Gasteiger partial charge in [0.1, 0.15) is 5.84 Å². The fourth-order valence-corrected chi connectivity index (χ4v) is 1.07. The van der Waals surface area contributed by atoms with Gasteiger partial charge in [-0.3, -0.25) is 5.41 Å². The van der Waals surface area contributed by atoms with Gasteiger partial charge in [0, 0.05) is 13.6 Å². The molecule has 0 aromatic carbocycles. The molecule has 0 fully saturated rings. The number of aliphatic hydroxyl groups is 1. The van der Waals surface area contributed by atoms with Crippen molar-refractivity contribution in [1.29, 1.82) is 5.41 Å². The van der Waals surface area contributed by atoms with Gasteiger partial charge in [-0.2, -0.15) is 5.10 Å². The van der Waals surface area contributed by atoms with Gasteiger partial charge in [-0.05, 0) is 6.07 Å². The molecular weight excluding hydrogens is 182 g/mol. The van der Waals surface area contributed by atoms with Gasteiger partial charge < -0.3 is 15.7 Å². The number of nitrogens with one attached hydrogen (secondary N) is 1. The van der Waals surface area contributed by atoms with Crippen LogP contribution >= 0.6 is 0 Å². The fraction of sp³-hybridized carbons (Fsp3) is 0.375. The molecule has 0 radical (unpaired) electrons. The quantitative estimate of drug-likeness (QED) is 0.431. The Balaban J connectivity index is 3.00. The van der Waals surface area contributed by atoms with Crippen LogP contribution in [0.15, 0.2) is 12.3 Å². The van der Waals surface area contributed by atoms with Crippen molar-refractivity contribution >= 4 is 11.7 Å². The van der Waals surface area contributed by atoms with Crippen molar-refractivity contribution in [3.05, 3.63) is 17.8 Å². The van der Waals surface area contributed by atoms with E-state index in [1.807, 2.05) is 0 Å². The molecule has 0 saturated carbocycles. The molecule has 0 aliphatic rings. The van der Waals surface area contributed by atoms with E-state index in [1.54, 1.807) is 18.0 Å². The predicted octanol–water partition coefficient (Wildman–Crippen LogP) is -0.811. The normalized spacial score (nSPS) is 9.86. The van der Waals surface area contributed by atoms with Crippen molar-refractivity contribution in [3.8, 4) is 0 Å². The molecule has 14 heavy (non-hydrogen) atoms. The maximum atomic E-state index is 8.75. The standard InChI is InChI=1S/C8H13N5O/c1-13(4-5-14)8-6(7(9)10)2-3-11-12-8/h2-3,14H,4-5H2,1H3,(H3,9,10). The first-order valence-corrected chi connectivity index (χ1v) is 4.15. The summed E-state index contributed by atoms with van der Waals surface area (Å²) in [5, 5.41) is 23.6. The lowest BCUT2D eigenvalue weighted by molar-refractivity contribution is 0.303. The second-order valence-electron chi connectivity index (χ2n) is 2.83. The first-order valence-electron chi connectivity index (χ1n) is 4.15. The fourth-order valence-electron chi connectivity index (χ4n) is 1.07. The third-order valence-corrected chi connectivity index (χ3v) is 1.79. The first kappa shape index (κ1) is 10.4. The van der Waals surface area contributed by atoms with Crippen LogP contribution in [0.3, 0.4) is 0 Å². The number of nitrogens with zero attached hydrogens (tertiary/aromatic N) is 3. The first-order chi connectivity index (χ1) is 6.66.